The highest BCUT2D eigenvalue weighted by Crippen LogP contribution is 2.26. The van der Waals surface area contributed by atoms with Crippen LogP contribution in [0.25, 0.3) is 21.8 Å². The molecule has 37 heavy (non-hydrogen) atoms. The highest BCUT2D eigenvalue weighted by atomic mass is 16.6. The molecular formula is C23H21N9O5. The summed E-state index contributed by atoms with van der Waals surface area (Å²) in [6.45, 7) is 0. The zero-order valence-corrected chi connectivity index (χ0v) is 19.6. The van der Waals surface area contributed by atoms with Crippen LogP contribution in [-0.4, -0.2) is 50.2 Å². The minimum atomic E-state index is -0.488. The molecule has 14 heteroatoms. The smallest absolute Gasteiger partial charge is 0.270 e. The van der Waals surface area contributed by atoms with Crippen molar-refractivity contribution in [2.45, 2.75) is 0 Å². The zero-order chi connectivity index (χ0) is 26.7. The van der Waals surface area contributed by atoms with Gasteiger partial charge in [0, 0.05) is 49.6 Å². The Labute approximate surface area is 208 Å². The van der Waals surface area contributed by atoms with E-state index in [0.717, 1.165) is 5.69 Å². The first-order chi connectivity index (χ1) is 17.6. The molecule has 0 fully saturated rings. The highest BCUT2D eigenvalue weighted by Gasteiger charge is 2.15. The summed E-state index contributed by atoms with van der Waals surface area (Å²) in [4.78, 5) is 34.7. The number of nitrogens with two attached hydrogens (primary N) is 1. The number of fused-ring (bicyclic) bond motifs is 2. The molecule has 0 atom stereocenters. The normalized spacial score (nSPS) is 10.5. The first kappa shape index (κ1) is 24.6. The van der Waals surface area contributed by atoms with E-state index in [9.17, 15) is 25.0 Å². The molecular weight excluding hydrogens is 482 g/mol. The van der Waals surface area contributed by atoms with Gasteiger partial charge in [0.05, 0.1) is 31.7 Å². The van der Waals surface area contributed by atoms with Crippen molar-refractivity contribution in [3.8, 4) is 0 Å². The van der Waals surface area contributed by atoms with Crippen LogP contribution in [0.5, 0.6) is 0 Å². The monoisotopic (exact) mass is 503 g/mol. The average Bonchev–Trinajstić information content (AvgIpc) is 3.46. The topological polar surface area (TPSA) is 202 Å². The Morgan fingerprint density at radius 3 is 2.11 bits per heavy atom. The van der Waals surface area contributed by atoms with E-state index in [1.165, 1.54) is 24.3 Å². The number of carbonyl (C=O) groups excluding carboxylic acids is 1. The largest absolute Gasteiger partial charge is 0.382 e. The summed E-state index contributed by atoms with van der Waals surface area (Å²) in [5, 5.41) is 38.2. The molecule has 0 radical (unpaired) electrons. The number of rotatable bonds is 5. The van der Waals surface area contributed by atoms with Crippen molar-refractivity contribution in [1.82, 2.24) is 20.4 Å². The average molecular weight is 503 g/mol. The Balaban J connectivity index is 0.000000207. The Morgan fingerprint density at radius 1 is 0.892 bits per heavy atom. The van der Waals surface area contributed by atoms with E-state index in [1.54, 1.807) is 30.3 Å². The SMILES string of the molecule is CN(C)c1cccc(C(=O)Nc2n[nH]c3ccc([N+](=O)[O-])cc23)c1.Nc1n[nH]c2ccc([N+](=O)[O-])cc12. The Kier molecular flexibility index (Phi) is 6.64. The number of hydrogen-bond acceptors (Lipinski definition) is 9. The van der Waals surface area contributed by atoms with Crippen molar-refractivity contribution >= 4 is 56.4 Å². The summed E-state index contributed by atoms with van der Waals surface area (Å²) >= 11 is 0. The van der Waals surface area contributed by atoms with E-state index in [0.29, 0.717) is 27.4 Å². The first-order valence-corrected chi connectivity index (χ1v) is 10.7. The summed E-state index contributed by atoms with van der Waals surface area (Å²) < 4.78 is 0. The second kappa shape index (κ2) is 9.99. The molecule has 0 spiro atoms. The summed E-state index contributed by atoms with van der Waals surface area (Å²) in [6.07, 6.45) is 0. The first-order valence-electron chi connectivity index (χ1n) is 10.7. The van der Waals surface area contributed by atoms with Crippen molar-refractivity contribution in [3.63, 3.8) is 0 Å². The molecule has 5 aromatic rings. The molecule has 3 aromatic carbocycles. The van der Waals surface area contributed by atoms with Crippen molar-refractivity contribution in [2.24, 2.45) is 0 Å². The predicted octanol–water partition coefficient (Wildman–Crippen LogP) is 3.84. The number of benzene rings is 3. The maximum atomic E-state index is 12.4. The number of H-pyrrole nitrogens is 2. The van der Waals surface area contributed by atoms with Crippen LogP contribution in [0, 0.1) is 20.2 Å². The molecule has 0 aliphatic carbocycles. The summed E-state index contributed by atoms with van der Waals surface area (Å²) in [6, 6.07) is 15.8. The third-order valence-corrected chi connectivity index (χ3v) is 5.40. The predicted molar refractivity (Wildman–Crippen MR) is 139 cm³/mol. The van der Waals surface area contributed by atoms with Crippen molar-refractivity contribution in [1.29, 1.82) is 0 Å². The lowest BCUT2D eigenvalue weighted by Crippen LogP contribution is -2.14. The van der Waals surface area contributed by atoms with Crippen molar-refractivity contribution in [2.75, 3.05) is 30.0 Å². The van der Waals surface area contributed by atoms with Crippen LogP contribution < -0.4 is 16.0 Å². The molecule has 1 amide bonds. The van der Waals surface area contributed by atoms with Gasteiger partial charge < -0.3 is 16.0 Å². The molecule has 2 heterocycles. The third-order valence-electron chi connectivity index (χ3n) is 5.40. The van der Waals surface area contributed by atoms with Crippen LogP contribution in [0.3, 0.4) is 0 Å². The molecule has 0 saturated heterocycles. The standard InChI is InChI=1S/C16H15N5O3.C7H6N4O2/c1-20(2)11-5-3-4-10(8-11)16(22)17-15-13-9-12(21(23)24)6-7-14(13)18-19-15;8-7-5-3-4(11(12)13)1-2-6(5)9-10-7/h3-9H,1-2H3,(H2,17,18,19,22);1-3H,(H3,8,9,10). The van der Waals surface area contributed by atoms with E-state index >= 15 is 0 Å². The van der Waals surface area contributed by atoms with Crippen LogP contribution in [0.1, 0.15) is 10.4 Å². The van der Waals surface area contributed by atoms with Crippen LogP contribution in [0.15, 0.2) is 60.7 Å². The molecule has 0 aliphatic rings. The number of aromatic amines is 2. The van der Waals surface area contributed by atoms with E-state index in [4.69, 9.17) is 5.73 Å². The van der Waals surface area contributed by atoms with Crippen LogP contribution in [0.2, 0.25) is 0 Å². The van der Waals surface area contributed by atoms with Gasteiger partial charge in [-0.25, -0.2) is 0 Å². The lowest BCUT2D eigenvalue weighted by molar-refractivity contribution is -0.384. The van der Waals surface area contributed by atoms with Crippen LogP contribution in [-0.2, 0) is 0 Å². The van der Waals surface area contributed by atoms with E-state index in [-0.39, 0.29) is 28.9 Å². The number of nitro benzene ring substituents is 2. The molecule has 14 nitrogen and oxygen atoms in total. The Bertz CT molecular complexity index is 1640. The number of carbonyl (C=O) groups is 1. The number of nitro groups is 2. The van der Waals surface area contributed by atoms with Gasteiger partial charge in [-0.2, -0.15) is 10.2 Å². The maximum absolute atomic E-state index is 12.4. The minimum absolute atomic E-state index is 0.0144. The number of non-ortho nitro benzene ring substituents is 2. The molecule has 5 N–H and O–H groups in total. The lowest BCUT2D eigenvalue weighted by atomic mass is 10.1. The molecule has 0 unspecified atom stereocenters. The van der Waals surface area contributed by atoms with Gasteiger partial charge in [0.1, 0.15) is 0 Å². The quantitative estimate of drug-likeness (QED) is 0.203. The molecule has 5 rings (SSSR count). The number of nitrogen functional groups attached to an aromatic ring is 1. The molecule has 0 aliphatic heterocycles. The molecule has 2 aromatic heterocycles. The van der Waals surface area contributed by atoms with Crippen molar-refractivity contribution in [3.05, 3.63) is 86.5 Å². The Hall–Kier alpha value is -5.53. The summed E-state index contributed by atoms with van der Waals surface area (Å²) in [5.41, 5.74) is 8.11. The lowest BCUT2D eigenvalue weighted by Gasteiger charge is -2.13. The van der Waals surface area contributed by atoms with Crippen LogP contribution in [0.4, 0.5) is 28.7 Å². The van der Waals surface area contributed by atoms with Gasteiger partial charge in [-0.3, -0.25) is 35.2 Å². The van der Waals surface area contributed by atoms with Gasteiger partial charge in [0.15, 0.2) is 11.6 Å². The fourth-order valence-electron chi connectivity index (χ4n) is 3.45. The number of aromatic nitrogens is 4. The van der Waals surface area contributed by atoms with Gasteiger partial charge in [-0.05, 0) is 30.3 Å². The number of hydrogen-bond donors (Lipinski definition) is 4. The van der Waals surface area contributed by atoms with Gasteiger partial charge in [0.2, 0.25) is 0 Å². The zero-order valence-electron chi connectivity index (χ0n) is 19.6. The number of nitrogens with one attached hydrogen (secondary N) is 3. The number of anilines is 3. The second-order valence-corrected chi connectivity index (χ2v) is 8.05. The van der Waals surface area contributed by atoms with Gasteiger partial charge >= 0.3 is 0 Å². The number of nitrogens with zero attached hydrogens (tertiary/aromatic N) is 5. The van der Waals surface area contributed by atoms with Gasteiger partial charge in [-0.15, -0.1) is 0 Å². The van der Waals surface area contributed by atoms with E-state index in [2.05, 4.69) is 25.7 Å². The van der Waals surface area contributed by atoms with Gasteiger partial charge in [0.25, 0.3) is 17.3 Å². The molecule has 188 valence electrons. The maximum Gasteiger partial charge on any atom is 0.270 e. The molecule has 0 saturated carbocycles. The Morgan fingerprint density at radius 2 is 1.49 bits per heavy atom. The van der Waals surface area contributed by atoms with Gasteiger partial charge in [-0.1, -0.05) is 6.07 Å². The second-order valence-electron chi connectivity index (χ2n) is 8.05. The fraction of sp³-hybridized carbons (Fsp3) is 0.0870. The number of amides is 1. The summed E-state index contributed by atoms with van der Waals surface area (Å²) in [5.74, 6) is 0.200. The fourth-order valence-corrected chi connectivity index (χ4v) is 3.45. The highest BCUT2D eigenvalue weighted by molar-refractivity contribution is 6.08. The van der Waals surface area contributed by atoms with E-state index < -0.39 is 9.85 Å². The molecule has 0 bridgehead atoms. The summed E-state index contributed by atoms with van der Waals surface area (Å²) in [7, 11) is 3.77. The third kappa shape index (κ3) is 5.27. The van der Waals surface area contributed by atoms with Crippen LogP contribution >= 0.6 is 0 Å². The van der Waals surface area contributed by atoms with Crippen molar-refractivity contribution < 1.29 is 14.6 Å². The van der Waals surface area contributed by atoms with E-state index in [1.807, 2.05) is 25.1 Å². The minimum Gasteiger partial charge on any atom is -0.382 e.